The zero-order valence-corrected chi connectivity index (χ0v) is 10.7. The standard InChI is InChI=1S/C11H19NO2S/c1-5-9-12(7-6-8-15-9)10(13)14-11(2,3)4/h5H,6-8H2,1-4H3/b9-5-. The molecule has 0 N–H and O–H groups in total. The average molecular weight is 229 g/mol. The van der Waals surface area contributed by atoms with Crippen molar-refractivity contribution in [2.75, 3.05) is 12.3 Å². The summed E-state index contributed by atoms with van der Waals surface area (Å²) in [5.74, 6) is 1.08. The fraction of sp³-hybridized carbons (Fsp3) is 0.727. The number of nitrogens with zero attached hydrogens (tertiary/aromatic N) is 1. The molecule has 0 aromatic carbocycles. The molecule has 4 heteroatoms. The molecule has 0 bridgehead atoms. The Kier molecular flexibility index (Phi) is 4.08. The summed E-state index contributed by atoms with van der Waals surface area (Å²) < 4.78 is 5.34. The molecule has 1 saturated heterocycles. The number of hydrogen-bond acceptors (Lipinski definition) is 3. The second-order valence-corrected chi connectivity index (χ2v) is 5.58. The maximum absolute atomic E-state index is 11.8. The van der Waals surface area contributed by atoms with E-state index < -0.39 is 5.60 Å². The number of carbonyl (C=O) groups is 1. The second-order valence-electron chi connectivity index (χ2n) is 4.46. The van der Waals surface area contributed by atoms with E-state index >= 15 is 0 Å². The van der Waals surface area contributed by atoms with Gasteiger partial charge in [0.15, 0.2) is 0 Å². The van der Waals surface area contributed by atoms with Crippen LogP contribution in [0.5, 0.6) is 0 Å². The van der Waals surface area contributed by atoms with Crippen molar-refractivity contribution < 1.29 is 9.53 Å². The number of allylic oxidation sites excluding steroid dienone is 1. The number of amides is 1. The van der Waals surface area contributed by atoms with E-state index in [4.69, 9.17) is 4.74 Å². The molecule has 0 atom stereocenters. The first-order valence-electron chi connectivity index (χ1n) is 5.23. The summed E-state index contributed by atoms with van der Waals surface area (Å²) in [5, 5.41) is 1.01. The van der Waals surface area contributed by atoms with Gasteiger partial charge in [0, 0.05) is 12.3 Å². The first kappa shape index (κ1) is 12.4. The number of rotatable bonds is 0. The molecule has 3 nitrogen and oxygen atoms in total. The maximum Gasteiger partial charge on any atom is 0.415 e. The second kappa shape index (κ2) is 4.92. The van der Waals surface area contributed by atoms with Crippen LogP contribution in [0.2, 0.25) is 0 Å². The van der Waals surface area contributed by atoms with Crippen LogP contribution in [0.25, 0.3) is 0 Å². The fourth-order valence-electron chi connectivity index (χ4n) is 1.32. The van der Waals surface area contributed by atoms with Crippen molar-refractivity contribution in [1.29, 1.82) is 0 Å². The molecular weight excluding hydrogens is 210 g/mol. The van der Waals surface area contributed by atoms with Crippen molar-refractivity contribution >= 4 is 17.9 Å². The highest BCUT2D eigenvalue weighted by Crippen LogP contribution is 2.28. The van der Waals surface area contributed by atoms with E-state index in [-0.39, 0.29) is 6.09 Å². The van der Waals surface area contributed by atoms with Gasteiger partial charge in [-0.25, -0.2) is 4.79 Å². The van der Waals surface area contributed by atoms with E-state index in [9.17, 15) is 4.79 Å². The minimum atomic E-state index is -0.419. The monoisotopic (exact) mass is 229 g/mol. The Labute approximate surface area is 95.9 Å². The van der Waals surface area contributed by atoms with Gasteiger partial charge in [-0.15, -0.1) is 11.8 Å². The summed E-state index contributed by atoms with van der Waals surface area (Å²) in [6, 6.07) is 0. The van der Waals surface area contributed by atoms with Crippen molar-refractivity contribution in [3.05, 3.63) is 11.1 Å². The van der Waals surface area contributed by atoms with Crippen LogP contribution in [0, 0.1) is 0 Å². The van der Waals surface area contributed by atoms with Crippen LogP contribution in [0.15, 0.2) is 11.1 Å². The molecule has 1 rings (SSSR count). The van der Waals surface area contributed by atoms with E-state index in [0.717, 1.165) is 23.7 Å². The topological polar surface area (TPSA) is 29.5 Å². The first-order valence-corrected chi connectivity index (χ1v) is 6.22. The number of thioether (sulfide) groups is 1. The van der Waals surface area contributed by atoms with E-state index in [2.05, 4.69) is 0 Å². The first-order chi connectivity index (χ1) is 6.94. The molecule has 0 spiro atoms. The molecule has 0 aromatic heterocycles. The lowest BCUT2D eigenvalue weighted by molar-refractivity contribution is 0.0325. The summed E-state index contributed by atoms with van der Waals surface area (Å²) in [6.07, 6.45) is 2.76. The third-order valence-corrected chi connectivity index (χ3v) is 3.15. The van der Waals surface area contributed by atoms with Gasteiger partial charge in [-0.3, -0.25) is 4.90 Å². The van der Waals surface area contributed by atoms with E-state index in [1.54, 1.807) is 16.7 Å². The van der Waals surface area contributed by atoms with Crippen LogP contribution in [0.4, 0.5) is 4.79 Å². The van der Waals surface area contributed by atoms with Gasteiger partial charge in [0.25, 0.3) is 0 Å². The Morgan fingerprint density at radius 2 is 2.20 bits per heavy atom. The fourth-order valence-corrected chi connectivity index (χ4v) is 2.30. The molecule has 86 valence electrons. The molecular formula is C11H19NO2S. The highest BCUT2D eigenvalue weighted by molar-refractivity contribution is 8.03. The van der Waals surface area contributed by atoms with Gasteiger partial charge in [0.05, 0.1) is 5.03 Å². The summed E-state index contributed by atoms with van der Waals surface area (Å²) in [6.45, 7) is 8.37. The molecule has 15 heavy (non-hydrogen) atoms. The normalized spacial score (nSPS) is 20.5. The van der Waals surface area contributed by atoms with Crippen LogP contribution in [-0.4, -0.2) is 28.9 Å². The van der Waals surface area contributed by atoms with Gasteiger partial charge < -0.3 is 4.74 Å². The minimum absolute atomic E-state index is 0.234. The zero-order valence-electron chi connectivity index (χ0n) is 9.87. The van der Waals surface area contributed by atoms with Gasteiger partial charge in [-0.2, -0.15) is 0 Å². The lowest BCUT2D eigenvalue weighted by Crippen LogP contribution is -2.38. The summed E-state index contributed by atoms with van der Waals surface area (Å²) in [7, 11) is 0. The minimum Gasteiger partial charge on any atom is -0.443 e. The predicted molar refractivity (Wildman–Crippen MR) is 63.8 cm³/mol. The van der Waals surface area contributed by atoms with Crippen LogP contribution >= 0.6 is 11.8 Å². The van der Waals surface area contributed by atoms with Gasteiger partial charge in [0.2, 0.25) is 0 Å². The molecule has 0 unspecified atom stereocenters. The van der Waals surface area contributed by atoms with E-state index in [0.29, 0.717) is 0 Å². The molecule has 1 heterocycles. The molecule has 0 radical (unpaired) electrons. The van der Waals surface area contributed by atoms with Crippen LogP contribution in [0.3, 0.4) is 0 Å². The Bertz CT molecular complexity index is 268. The summed E-state index contributed by atoms with van der Waals surface area (Å²) in [4.78, 5) is 13.6. The zero-order chi connectivity index (χ0) is 11.5. The highest BCUT2D eigenvalue weighted by atomic mass is 32.2. The van der Waals surface area contributed by atoms with Crippen LogP contribution in [-0.2, 0) is 4.74 Å². The summed E-state index contributed by atoms with van der Waals surface area (Å²) in [5.41, 5.74) is -0.419. The van der Waals surface area contributed by atoms with Crippen molar-refractivity contribution in [2.24, 2.45) is 0 Å². The Hall–Kier alpha value is -0.640. The molecule has 0 saturated carbocycles. The van der Waals surface area contributed by atoms with Crippen molar-refractivity contribution in [3.8, 4) is 0 Å². The van der Waals surface area contributed by atoms with E-state index in [1.165, 1.54) is 0 Å². The number of ether oxygens (including phenoxy) is 1. The van der Waals surface area contributed by atoms with Crippen LogP contribution in [0.1, 0.15) is 34.1 Å². The highest BCUT2D eigenvalue weighted by Gasteiger charge is 2.26. The smallest absolute Gasteiger partial charge is 0.415 e. The predicted octanol–water partition coefficient (Wildman–Crippen LogP) is 3.22. The molecule has 1 amide bonds. The number of hydrogen-bond donors (Lipinski definition) is 0. The quantitative estimate of drug-likeness (QED) is 0.638. The molecule has 0 aliphatic carbocycles. The largest absolute Gasteiger partial charge is 0.443 e. The SMILES string of the molecule is C/C=C1\SCCCN1C(=O)OC(C)(C)C. The Balaban J connectivity index is 2.65. The Morgan fingerprint density at radius 1 is 1.53 bits per heavy atom. The van der Waals surface area contributed by atoms with Gasteiger partial charge >= 0.3 is 6.09 Å². The molecule has 1 aliphatic heterocycles. The summed E-state index contributed by atoms with van der Waals surface area (Å²) >= 11 is 1.71. The molecule has 0 aromatic rings. The number of carbonyl (C=O) groups excluding carboxylic acids is 1. The molecule has 1 fully saturated rings. The molecule has 1 aliphatic rings. The third kappa shape index (κ3) is 3.78. The lowest BCUT2D eigenvalue weighted by Gasteiger charge is -2.31. The third-order valence-electron chi connectivity index (χ3n) is 1.90. The van der Waals surface area contributed by atoms with Crippen molar-refractivity contribution in [1.82, 2.24) is 4.90 Å². The lowest BCUT2D eigenvalue weighted by atomic mass is 10.2. The Morgan fingerprint density at radius 3 is 2.73 bits per heavy atom. The van der Waals surface area contributed by atoms with Gasteiger partial charge in [-0.05, 0) is 34.1 Å². The average Bonchev–Trinajstić information content (AvgIpc) is 2.15. The maximum atomic E-state index is 11.8. The van der Waals surface area contributed by atoms with Gasteiger partial charge in [-0.1, -0.05) is 6.08 Å². The van der Waals surface area contributed by atoms with Crippen LogP contribution < -0.4 is 0 Å². The van der Waals surface area contributed by atoms with Crippen molar-refractivity contribution in [2.45, 2.75) is 39.7 Å². The van der Waals surface area contributed by atoms with Crippen molar-refractivity contribution in [3.63, 3.8) is 0 Å². The van der Waals surface area contributed by atoms with E-state index in [1.807, 2.05) is 33.8 Å². The van der Waals surface area contributed by atoms with Gasteiger partial charge in [0.1, 0.15) is 5.60 Å².